The van der Waals surface area contributed by atoms with Crippen molar-refractivity contribution in [3.05, 3.63) is 22.8 Å². The third-order valence-corrected chi connectivity index (χ3v) is 2.02. The molecule has 0 saturated carbocycles. The monoisotopic (exact) mass is 257 g/mol. The summed E-state index contributed by atoms with van der Waals surface area (Å²) in [4.78, 5) is 15.4. The highest BCUT2D eigenvalue weighted by Gasteiger charge is 2.21. The van der Waals surface area contributed by atoms with Gasteiger partial charge in [-0.25, -0.2) is 4.98 Å². The summed E-state index contributed by atoms with van der Waals surface area (Å²) < 4.78 is 0.863. The van der Waals surface area contributed by atoms with Crippen molar-refractivity contribution in [2.45, 2.75) is 19.4 Å². The lowest BCUT2D eigenvalue weighted by molar-refractivity contribution is -0.120. The van der Waals surface area contributed by atoms with Crippen LogP contribution in [-0.4, -0.2) is 16.4 Å². The SMILES string of the molecule is CC(C)(N)C(=O)Nc1ccc(Br)cn1. The van der Waals surface area contributed by atoms with Gasteiger partial charge in [0.1, 0.15) is 5.82 Å². The summed E-state index contributed by atoms with van der Waals surface area (Å²) in [6.07, 6.45) is 1.61. The Morgan fingerprint density at radius 2 is 2.21 bits per heavy atom. The van der Waals surface area contributed by atoms with Gasteiger partial charge in [0.2, 0.25) is 5.91 Å². The molecule has 1 heterocycles. The molecule has 0 atom stereocenters. The molecule has 4 nitrogen and oxygen atoms in total. The van der Waals surface area contributed by atoms with E-state index in [9.17, 15) is 4.79 Å². The first kappa shape index (κ1) is 11.1. The molecule has 1 aromatic heterocycles. The third kappa shape index (κ3) is 3.08. The van der Waals surface area contributed by atoms with Crippen molar-refractivity contribution in [1.29, 1.82) is 0 Å². The number of nitrogens with zero attached hydrogens (tertiary/aromatic N) is 1. The van der Waals surface area contributed by atoms with Crippen LogP contribution in [0.5, 0.6) is 0 Å². The Bertz CT molecular complexity index is 329. The molecular weight excluding hydrogens is 246 g/mol. The van der Waals surface area contributed by atoms with Gasteiger partial charge in [-0.05, 0) is 41.9 Å². The first-order chi connectivity index (χ1) is 6.39. The van der Waals surface area contributed by atoms with E-state index < -0.39 is 5.54 Å². The normalized spacial score (nSPS) is 11.1. The molecule has 3 N–H and O–H groups in total. The molecule has 0 aliphatic carbocycles. The van der Waals surface area contributed by atoms with E-state index in [0.29, 0.717) is 5.82 Å². The van der Waals surface area contributed by atoms with Crippen molar-refractivity contribution in [2.75, 3.05) is 5.32 Å². The molecule has 14 heavy (non-hydrogen) atoms. The largest absolute Gasteiger partial charge is 0.318 e. The molecule has 0 aliphatic heterocycles. The van der Waals surface area contributed by atoms with Gasteiger partial charge in [0.15, 0.2) is 0 Å². The Morgan fingerprint density at radius 1 is 1.57 bits per heavy atom. The number of pyridine rings is 1. The van der Waals surface area contributed by atoms with Gasteiger partial charge >= 0.3 is 0 Å². The summed E-state index contributed by atoms with van der Waals surface area (Å²) in [6, 6.07) is 3.50. The Kier molecular flexibility index (Phi) is 3.23. The number of nitrogens with one attached hydrogen (secondary N) is 1. The van der Waals surface area contributed by atoms with Gasteiger partial charge in [-0.15, -0.1) is 0 Å². The first-order valence-electron chi connectivity index (χ1n) is 4.11. The molecule has 0 spiro atoms. The van der Waals surface area contributed by atoms with Crippen LogP contribution >= 0.6 is 15.9 Å². The highest BCUT2D eigenvalue weighted by atomic mass is 79.9. The van der Waals surface area contributed by atoms with Crippen LogP contribution in [0.3, 0.4) is 0 Å². The third-order valence-electron chi connectivity index (χ3n) is 1.55. The molecule has 1 aromatic rings. The smallest absolute Gasteiger partial charge is 0.245 e. The fourth-order valence-electron chi connectivity index (χ4n) is 0.727. The Labute approximate surface area is 91.0 Å². The first-order valence-corrected chi connectivity index (χ1v) is 4.91. The molecule has 0 saturated heterocycles. The van der Waals surface area contributed by atoms with Crippen molar-refractivity contribution in [3.8, 4) is 0 Å². The van der Waals surface area contributed by atoms with E-state index in [-0.39, 0.29) is 5.91 Å². The molecule has 5 heteroatoms. The van der Waals surface area contributed by atoms with Crippen LogP contribution < -0.4 is 11.1 Å². The molecular formula is C9H12BrN3O. The Hall–Kier alpha value is -0.940. The van der Waals surface area contributed by atoms with Gasteiger partial charge in [0, 0.05) is 10.7 Å². The van der Waals surface area contributed by atoms with Crippen LogP contribution in [-0.2, 0) is 4.79 Å². The highest BCUT2D eigenvalue weighted by Crippen LogP contribution is 2.11. The van der Waals surface area contributed by atoms with Crippen molar-refractivity contribution >= 4 is 27.7 Å². The number of amides is 1. The molecule has 0 aromatic carbocycles. The maximum atomic E-state index is 11.4. The van der Waals surface area contributed by atoms with E-state index in [1.165, 1.54) is 0 Å². The van der Waals surface area contributed by atoms with Crippen molar-refractivity contribution in [1.82, 2.24) is 4.98 Å². The zero-order valence-electron chi connectivity index (χ0n) is 8.04. The summed E-state index contributed by atoms with van der Waals surface area (Å²) in [5.41, 5.74) is 4.71. The van der Waals surface area contributed by atoms with Crippen LogP contribution in [0.2, 0.25) is 0 Å². The molecule has 1 rings (SSSR count). The predicted octanol–water partition coefficient (Wildman–Crippen LogP) is 1.52. The zero-order valence-corrected chi connectivity index (χ0v) is 9.63. The minimum absolute atomic E-state index is 0.257. The molecule has 0 aliphatic rings. The second kappa shape index (κ2) is 4.06. The minimum atomic E-state index is -0.894. The van der Waals surface area contributed by atoms with Crippen LogP contribution in [0.4, 0.5) is 5.82 Å². The molecule has 0 fully saturated rings. The summed E-state index contributed by atoms with van der Waals surface area (Å²) >= 11 is 3.25. The number of aromatic nitrogens is 1. The number of hydrogen-bond acceptors (Lipinski definition) is 3. The maximum absolute atomic E-state index is 11.4. The molecule has 0 unspecified atom stereocenters. The Balaban J connectivity index is 2.71. The fourth-order valence-corrected chi connectivity index (χ4v) is 0.962. The number of halogens is 1. The topological polar surface area (TPSA) is 68.0 Å². The molecule has 76 valence electrons. The number of carbonyl (C=O) groups excluding carboxylic acids is 1. The molecule has 1 amide bonds. The number of carbonyl (C=O) groups is 1. The fraction of sp³-hybridized carbons (Fsp3) is 0.333. The van der Waals surface area contributed by atoms with Crippen LogP contribution in [0.25, 0.3) is 0 Å². The average molecular weight is 258 g/mol. The van der Waals surface area contributed by atoms with E-state index in [4.69, 9.17) is 5.73 Å². The average Bonchev–Trinajstić information content (AvgIpc) is 2.07. The van der Waals surface area contributed by atoms with Gasteiger partial charge in [-0.3, -0.25) is 4.79 Å². The summed E-state index contributed by atoms with van der Waals surface area (Å²) in [6.45, 7) is 3.28. The zero-order chi connectivity index (χ0) is 10.8. The second-order valence-electron chi connectivity index (χ2n) is 3.54. The number of hydrogen-bond donors (Lipinski definition) is 2. The lowest BCUT2D eigenvalue weighted by atomic mass is 10.1. The van der Waals surface area contributed by atoms with Crippen LogP contribution in [0.15, 0.2) is 22.8 Å². The van der Waals surface area contributed by atoms with E-state index in [2.05, 4.69) is 26.2 Å². The van der Waals surface area contributed by atoms with E-state index in [1.807, 2.05) is 0 Å². The van der Waals surface area contributed by atoms with E-state index in [1.54, 1.807) is 32.2 Å². The maximum Gasteiger partial charge on any atom is 0.245 e. The van der Waals surface area contributed by atoms with E-state index >= 15 is 0 Å². The van der Waals surface area contributed by atoms with Crippen molar-refractivity contribution in [3.63, 3.8) is 0 Å². The van der Waals surface area contributed by atoms with Crippen LogP contribution in [0, 0.1) is 0 Å². The number of rotatable bonds is 2. The van der Waals surface area contributed by atoms with Gasteiger partial charge in [-0.1, -0.05) is 0 Å². The van der Waals surface area contributed by atoms with Gasteiger partial charge in [-0.2, -0.15) is 0 Å². The van der Waals surface area contributed by atoms with E-state index in [0.717, 1.165) is 4.47 Å². The standard InChI is InChI=1S/C9H12BrN3O/c1-9(2,11)8(14)13-7-4-3-6(10)5-12-7/h3-5H,11H2,1-2H3,(H,12,13,14). The van der Waals surface area contributed by atoms with Crippen molar-refractivity contribution in [2.24, 2.45) is 5.73 Å². The lowest BCUT2D eigenvalue weighted by Crippen LogP contribution is -2.45. The van der Waals surface area contributed by atoms with Gasteiger partial charge < -0.3 is 11.1 Å². The molecule has 0 radical (unpaired) electrons. The highest BCUT2D eigenvalue weighted by molar-refractivity contribution is 9.10. The minimum Gasteiger partial charge on any atom is -0.318 e. The summed E-state index contributed by atoms with van der Waals surface area (Å²) in [7, 11) is 0. The lowest BCUT2D eigenvalue weighted by Gasteiger charge is -2.17. The molecule has 0 bridgehead atoms. The van der Waals surface area contributed by atoms with Crippen LogP contribution in [0.1, 0.15) is 13.8 Å². The summed E-state index contributed by atoms with van der Waals surface area (Å²) in [5, 5.41) is 2.61. The number of anilines is 1. The second-order valence-corrected chi connectivity index (χ2v) is 4.45. The van der Waals surface area contributed by atoms with Gasteiger partial charge in [0.25, 0.3) is 0 Å². The summed E-state index contributed by atoms with van der Waals surface area (Å²) in [5.74, 6) is 0.240. The number of nitrogens with two attached hydrogens (primary N) is 1. The Morgan fingerprint density at radius 3 is 2.64 bits per heavy atom. The quantitative estimate of drug-likeness (QED) is 0.845. The predicted molar refractivity (Wildman–Crippen MR) is 58.8 cm³/mol. The van der Waals surface area contributed by atoms with Gasteiger partial charge in [0.05, 0.1) is 5.54 Å². The van der Waals surface area contributed by atoms with Crippen molar-refractivity contribution < 1.29 is 4.79 Å².